The number of ether oxygens (including phenoxy) is 1. The van der Waals surface area contributed by atoms with E-state index in [1.807, 2.05) is 32.9 Å². The molecule has 0 aromatic carbocycles. The average Bonchev–Trinajstić information content (AvgIpc) is 3.14. The monoisotopic (exact) mass is 374 g/mol. The maximum atomic E-state index is 12.9. The Morgan fingerprint density at radius 1 is 1.22 bits per heavy atom. The predicted molar refractivity (Wildman–Crippen MR) is 99.7 cm³/mol. The topological polar surface area (TPSA) is 92.6 Å². The number of rotatable bonds is 7. The van der Waals surface area contributed by atoms with Crippen LogP contribution in [0.5, 0.6) is 0 Å². The molecule has 2 aromatic heterocycles. The molecule has 7 heteroatoms. The van der Waals surface area contributed by atoms with E-state index in [4.69, 9.17) is 9.15 Å². The van der Waals surface area contributed by atoms with Crippen LogP contribution in [-0.4, -0.2) is 40.7 Å². The van der Waals surface area contributed by atoms with Crippen molar-refractivity contribution < 1.29 is 23.5 Å². The molecule has 2 rings (SSSR count). The van der Waals surface area contributed by atoms with Crippen LogP contribution in [0.4, 0.5) is 0 Å². The number of aryl methyl sites for hydroxylation is 1. The first-order valence-corrected chi connectivity index (χ1v) is 8.81. The Labute approximate surface area is 158 Å². The van der Waals surface area contributed by atoms with Gasteiger partial charge in [0.2, 0.25) is 5.91 Å². The fourth-order valence-corrected chi connectivity index (χ4v) is 3.07. The molecule has 27 heavy (non-hydrogen) atoms. The Hall–Kier alpha value is -2.83. The average molecular weight is 374 g/mol. The number of carbonyl (C=O) groups excluding carboxylic acids is 3. The fraction of sp³-hybridized carbons (Fsp3) is 0.450. The van der Waals surface area contributed by atoms with E-state index in [9.17, 15) is 14.4 Å². The highest BCUT2D eigenvalue weighted by Crippen LogP contribution is 2.22. The molecule has 7 nitrogen and oxygen atoms in total. The summed E-state index contributed by atoms with van der Waals surface area (Å²) in [6.07, 6.45) is -0.0452. The van der Waals surface area contributed by atoms with Crippen molar-refractivity contribution in [2.45, 2.75) is 53.6 Å². The van der Waals surface area contributed by atoms with Crippen molar-refractivity contribution >= 4 is 17.7 Å². The van der Waals surface area contributed by atoms with Crippen LogP contribution < -0.4 is 0 Å². The highest BCUT2D eigenvalue weighted by atomic mass is 16.5. The molecule has 0 fully saturated rings. The third kappa shape index (κ3) is 4.48. The van der Waals surface area contributed by atoms with Gasteiger partial charge >= 0.3 is 5.97 Å². The van der Waals surface area contributed by atoms with Gasteiger partial charge < -0.3 is 19.0 Å². The van der Waals surface area contributed by atoms with Crippen LogP contribution in [0.2, 0.25) is 0 Å². The van der Waals surface area contributed by atoms with E-state index in [0.717, 1.165) is 5.76 Å². The van der Waals surface area contributed by atoms with Gasteiger partial charge in [0.05, 0.1) is 31.3 Å². The SMILES string of the molecule is COC(=O)c1c(CC(=O)N(Cc2ccc(C)o2)C(C)C)[nH]c(C(C)=O)c1C. The van der Waals surface area contributed by atoms with E-state index in [1.54, 1.807) is 11.8 Å². The molecule has 0 spiro atoms. The smallest absolute Gasteiger partial charge is 0.339 e. The summed E-state index contributed by atoms with van der Waals surface area (Å²) >= 11 is 0. The van der Waals surface area contributed by atoms with Crippen LogP contribution >= 0.6 is 0 Å². The third-order valence-electron chi connectivity index (χ3n) is 4.46. The molecule has 0 saturated carbocycles. The van der Waals surface area contributed by atoms with Gasteiger partial charge in [-0.15, -0.1) is 0 Å². The summed E-state index contributed by atoms with van der Waals surface area (Å²) in [7, 11) is 1.27. The first-order valence-electron chi connectivity index (χ1n) is 8.81. The van der Waals surface area contributed by atoms with Crippen molar-refractivity contribution in [3.63, 3.8) is 0 Å². The minimum atomic E-state index is -0.572. The van der Waals surface area contributed by atoms with Crippen LogP contribution in [0.1, 0.15) is 64.4 Å². The molecule has 0 saturated heterocycles. The number of aromatic nitrogens is 1. The molecule has 0 unspecified atom stereocenters. The zero-order chi connectivity index (χ0) is 20.3. The standard InChI is InChI=1S/C20H26N2O5/c1-11(2)22(10-15-8-7-12(3)27-15)17(24)9-16-18(20(25)26-6)13(4)19(21-16)14(5)23/h7-8,11,21H,9-10H2,1-6H3. The van der Waals surface area contributed by atoms with Gasteiger partial charge in [-0.25, -0.2) is 4.79 Å². The van der Waals surface area contributed by atoms with Crippen LogP contribution in [0.3, 0.4) is 0 Å². The molecule has 0 radical (unpaired) electrons. The van der Waals surface area contributed by atoms with Crippen molar-refractivity contribution in [3.05, 3.63) is 46.2 Å². The largest absolute Gasteiger partial charge is 0.465 e. The minimum Gasteiger partial charge on any atom is -0.465 e. The van der Waals surface area contributed by atoms with E-state index in [-0.39, 0.29) is 29.7 Å². The van der Waals surface area contributed by atoms with Crippen LogP contribution in [0.15, 0.2) is 16.5 Å². The fourth-order valence-electron chi connectivity index (χ4n) is 3.07. The predicted octanol–water partition coefficient (Wildman–Crippen LogP) is 3.19. The molecule has 0 aliphatic carbocycles. The Morgan fingerprint density at radius 3 is 2.37 bits per heavy atom. The second-order valence-electron chi connectivity index (χ2n) is 6.83. The van der Waals surface area contributed by atoms with Gasteiger partial charge in [0, 0.05) is 18.7 Å². The Kier molecular flexibility index (Phi) is 6.25. The van der Waals surface area contributed by atoms with E-state index in [1.165, 1.54) is 14.0 Å². The van der Waals surface area contributed by atoms with Crippen molar-refractivity contribution in [1.82, 2.24) is 9.88 Å². The number of hydrogen-bond donors (Lipinski definition) is 1. The summed E-state index contributed by atoms with van der Waals surface area (Å²) in [5.41, 5.74) is 1.44. The molecule has 1 N–H and O–H groups in total. The number of amides is 1. The quantitative estimate of drug-likeness (QED) is 0.593. The van der Waals surface area contributed by atoms with Crippen molar-refractivity contribution in [1.29, 1.82) is 0 Å². The lowest BCUT2D eigenvalue weighted by Gasteiger charge is -2.26. The van der Waals surface area contributed by atoms with Crippen molar-refractivity contribution in [2.75, 3.05) is 7.11 Å². The van der Waals surface area contributed by atoms with Gasteiger partial charge in [0.15, 0.2) is 5.78 Å². The Bertz CT molecular complexity index is 860. The molecule has 2 aromatic rings. The van der Waals surface area contributed by atoms with Gasteiger partial charge in [-0.05, 0) is 45.4 Å². The number of esters is 1. The molecule has 1 amide bonds. The summed E-state index contributed by atoms with van der Waals surface area (Å²) in [6.45, 7) is 9.08. The lowest BCUT2D eigenvalue weighted by atomic mass is 10.1. The van der Waals surface area contributed by atoms with Gasteiger partial charge in [-0.2, -0.15) is 0 Å². The maximum Gasteiger partial charge on any atom is 0.339 e. The second-order valence-corrected chi connectivity index (χ2v) is 6.83. The number of Topliss-reactive ketones (excluding diaryl/α,β-unsaturated/α-hetero) is 1. The summed E-state index contributed by atoms with van der Waals surface area (Å²) in [4.78, 5) is 41.6. The Morgan fingerprint density at radius 2 is 1.89 bits per heavy atom. The van der Waals surface area contributed by atoms with Gasteiger partial charge in [-0.3, -0.25) is 9.59 Å². The molecule has 146 valence electrons. The lowest BCUT2D eigenvalue weighted by Crippen LogP contribution is -2.37. The van der Waals surface area contributed by atoms with Gasteiger partial charge in [0.1, 0.15) is 11.5 Å². The molecule has 0 aliphatic heterocycles. The summed E-state index contributed by atoms with van der Waals surface area (Å²) in [5.74, 6) is 0.510. The van der Waals surface area contributed by atoms with E-state index >= 15 is 0 Å². The van der Waals surface area contributed by atoms with E-state index in [2.05, 4.69) is 4.98 Å². The third-order valence-corrected chi connectivity index (χ3v) is 4.46. The Balaban J connectivity index is 2.32. The summed E-state index contributed by atoms with van der Waals surface area (Å²) in [5, 5.41) is 0. The number of H-pyrrole nitrogens is 1. The number of carbonyl (C=O) groups is 3. The highest BCUT2D eigenvalue weighted by molar-refractivity contribution is 6.01. The van der Waals surface area contributed by atoms with E-state index in [0.29, 0.717) is 29.3 Å². The van der Waals surface area contributed by atoms with Gasteiger partial charge in [0.25, 0.3) is 0 Å². The van der Waals surface area contributed by atoms with E-state index < -0.39 is 5.97 Å². The molecule has 2 heterocycles. The molecular formula is C20H26N2O5. The molecule has 0 aliphatic rings. The number of furan rings is 1. The maximum absolute atomic E-state index is 12.9. The molecule has 0 atom stereocenters. The number of methoxy groups -OCH3 is 1. The van der Waals surface area contributed by atoms with Crippen LogP contribution in [-0.2, 0) is 22.5 Å². The van der Waals surface area contributed by atoms with Crippen molar-refractivity contribution in [2.24, 2.45) is 0 Å². The van der Waals surface area contributed by atoms with Crippen molar-refractivity contribution in [3.8, 4) is 0 Å². The zero-order valence-electron chi connectivity index (χ0n) is 16.6. The number of nitrogens with zero attached hydrogens (tertiary/aromatic N) is 1. The number of hydrogen-bond acceptors (Lipinski definition) is 5. The second kappa shape index (κ2) is 8.24. The van der Waals surface area contributed by atoms with Gasteiger partial charge in [-0.1, -0.05) is 0 Å². The zero-order valence-corrected chi connectivity index (χ0v) is 16.6. The first kappa shape index (κ1) is 20.5. The minimum absolute atomic E-state index is 0.0452. The highest BCUT2D eigenvalue weighted by Gasteiger charge is 2.27. The summed E-state index contributed by atoms with van der Waals surface area (Å²) < 4.78 is 10.4. The molecular weight excluding hydrogens is 348 g/mol. The number of ketones is 1. The lowest BCUT2D eigenvalue weighted by molar-refractivity contribution is -0.133. The number of nitrogens with one attached hydrogen (secondary N) is 1. The normalized spacial score (nSPS) is 10.9. The molecule has 0 bridgehead atoms. The van der Waals surface area contributed by atoms with Crippen LogP contribution in [0, 0.1) is 13.8 Å². The number of aromatic amines is 1. The summed E-state index contributed by atoms with van der Waals surface area (Å²) in [6, 6.07) is 3.62. The van der Waals surface area contributed by atoms with Crippen LogP contribution in [0.25, 0.3) is 0 Å². The first-order chi connectivity index (χ1) is 12.6.